The smallest absolute Gasteiger partial charge is 0.119 e. The van der Waals surface area contributed by atoms with Gasteiger partial charge in [-0.1, -0.05) is 149 Å². The van der Waals surface area contributed by atoms with E-state index in [9.17, 15) is 0 Å². The molecule has 4 heteroatoms. The standard InChI is InChI=1S/C48H48N2O2/c1-33(37-19-11-7-12-20-37)43-29-41(51-5)30-44(34(2)38-21-13-8-14-22-38)47(43)49-27-28-50-48-45(35(3)39-23-15-9-16-24-39)31-42(52-6)32-46(48)36(4)40-25-17-10-18-26-40/h7-36H,1-6H3/b49-27+,50-28+/t33-,34-,35-,36-/m1/s1. The summed E-state index contributed by atoms with van der Waals surface area (Å²) in [4.78, 5) is 10.5. The fraction of sp³-hybridized carbons (Fsp3) is 0.208. The average Bonchev–Trinajstić information content (AvgIpc) is 3.22. The van der Waals surface area contributed by atoms with E-state index in [1.54, 1.807) is 14.2 Å². The second-order valence-electron chi connectivity index (χ2n) is 13.4. The van der Waals surface area contributed by atoms with Crippen LogP contribution >= 0.6 is 0 Å². The van der Waals surface area contributed by atoms with Crippen LogP contribution in [0.5, 0.6) is 11.5 Å². The Kier molecular flexibility index (Phi) is 11.8. The Morgan fingerprint density at radius 3 is 0.827 bits per heavy atom. The molecule has 4 atom stereocenters. The second-order valence-corrected chi connectivity index (χ2v) is 13.4. The summed E-state index contributed by atoms with van der Waals surface area (Å²) in [6, 6.07) is 50.9. The SMILES string of the molecule is COc1cc([C@H](C)c2ccccc2)c(/N=C/C=N/c2c([C@H](C)c3ccccc3)cc(OC)cc2[C@H](C)c2ccccc2)c([C@H](C)c2ccccc2)c1. The Hall–Kier alpha value is -5.74. The fourth-order valence-corrected chi connectivity index (χ4v) is 7.06. The zero-order chi connectivity index (χ0) is 36.5. The first-order chi connectivity index (χ1) is 25.4. The zero-order valence-corrected chi connectivity index (χ0v) is 31.0. The first-order valence-electron chi connectivity index (χ1n) is 18.1. The van der Waals surface area contributed by atoms with Crippen LogP contribution in [0.4, 0.5) is 11.4 Å². The topological polar surface area (TPSA) is 43.2 Å². The monoisotopic (exact) mass is 684 g/mol. The molecule has 52 heavy (non-hydrogen) atoms. The summed E-state index contributed by atoms with van der Waals surface area (Å²) in [5, 5.41) is 0. The van der Waals surface area contributed by atoms with Gasteiger partial charge in [-0.25, -0.2) is 0 Å². The summed E-state index contributed by atoms with van der Waals surface area (Å²) >= 11 is 0. The van der Waals surface area contributed by atoms with Crippen LogP contribution in [0.2, 0.25) is 0 Å². The molecule has 0 amide bonds. The van der Waals surface area contributed by atoms with E-state index >= 15 is 0 Å². The lowest BCUT2D eigenvalue weighted by Crippen LogP contribution is -2.04. The number of methoxy groups -OCH3 is 2. The van der Waals surface area contributed by atoms with Crippen LogP contribution in [0.15, 0.2) is 156 Å². The minimum absolute atomic E-state index is 0.0837. The minimum Gasteiger partial charge on any atom is -0.497 e. The molecule has 262 valence electrons. The van der Waals surface area contributed by atoms with Gasteiger partial charge in [0.2, 0.25) is 0 Å². The summed E-state index contributed by atoms with van der Waals surface area (Å²) in [7, 11) is 3.46. The Morgan fingerprint density at radius 1 is 0.385 bits per heavy atom. The van der Waals surface area contributed by atoms with E-state index in [-0.39, 0.29) is 23.7 Å². The van der Waals surface area contributed by atoms with Crippen LogP contribution in [0.3, 0.4) is 0 Å². The maximum Gasteiger partial charge on any atom is 0.119 e. The highest BCUT2D eigenvalue weighted by atomic mass is 16.5. The van der Waals surface area contributed by atoms with Crippen LogP contribution in [0.25, 0.3) is 0 Å². The largest absolute Gasteiger partial charge is 0.497 e. The summed E-state index contributed by atoms with van der Waals surface area (Å²) in [5.74, 6) is 1.97. The van der Waals surface area contributed by atoms with Gasteiger partial charge in [0, 0.05) is 36.1 Å². The van der Waals surface area contributed by atoms with Crippen molar-refractivity contribution in [1.29, 1.82) is 0 Å². The molecule has 6 aromatic rings. The number of benzene rings is 6. The van der Waals surface area contributed by atoms with Crippen LogP contribution in [-0.2, 0) is 0 Å². The Balaban J connectivity index is 1.49. The van der Waals surface area contributed by atoms with E-state index < -0.39 is 0 Å². The number of nitrogens with zero attached hydrogens (tertiary/aromatic N) is 2. The predicted molar refractivity (Wildman–Crippen MR) is 218 cm³/mol. The number of aliphatic imine (C=N–C) groups is 2. The van der Waals surface area contributed by atoms with E-state index in [1.165, 1.54) is 22.3 Å². The van der Waals surface area contributed by atoms with Gasteiger partial charge in [-0.3, -0.25) is 9.98 Å². The van der Waals surface area contributed by atoms with Gasteiger partial charge >= 0.3 is 0 Å². The number of ether oxygens (including phenoxy) is 2. The molecule has 0 fully saturated rings. The van der Waals surface area contributed by atoms with Gasteiger partial charge in [-0.05, 0) is 68.8 Å². The van der Waals surface area contributed by atoms with Gasteiger partial charge in [0.15, 0.2) is 0 Å². The third-order valence-corrected chi connectivity index (χ3v) is 10.3. The van der Waals surface area contributed by atoms with Crippen molar-refractivity contribution < 1.29 is 9.47 Å². The third kappa shape index (κ3) is 8.08. The molecule has 0 unspecified atom stereocenters. The first kappa shape index (κ1) is 36.1. The zero-order valence-electron chi connectivity index (χ0n) is 31.0. The van der Waals surface area contributed by atoms with Gasteiger partial charge in [0.25, 0.3) is 0 Å². The van der Waals surface area contributed by atoms with E-state index in [0.717, 1.165) is 45.1 Å². The highest BCUT2D eigenvalue weighted by Gasteiger charge is 2.23. The summed E-state index contributed by atoms with van der Waals surface area (Å²) in [6.07, 6.45) is 3.70. The Labute approximate surface area is 309 Å². The molecule has 0 aliphatic rings. The number of hydrogen-bond acceptors (Lipinski definition) is 4. The number of hydrogen-bond donors (Lipinski definition) is 0. The highest BCUT2D eigenvalue weighted by Crippen LogP contribution is 2.44. The van der Waals surface area contributed by atoms with Crippen molar-refractivity contribution in [1.82, 2.24) is 0 Å². The van der Waals surface area contributed by atoms with Crippen molar-refractivity contribution >= 4 is 23.8 Å². The summed E-state index contributed by atoms with van der Waals surface area (Å²) in [5.41, 5.74) is 11.2. The van der Waals surface area contributed by atoms with Gasteiger partial charge in [0.1, 0.15) is 11.5 Å². The molecule has 0 spiro atoms. The van der Waals surface area contributed by atoms with Crippen LogP contribution in [0, 0.1) is 0 Å². The quantitative estimate of drug-likeness (QED) is 0.114. The molecule has 0 heterocycles. The Bertz CT molecular complexity index is 1820. The summed E-state index contributed by atoms with van der Waals surface area (Å²) in [6.45, 7) is 8.94. The molecule has 4 nitrogen and oxygen atoms in total. The van der Waals surface area contributed by atoms with E-state index in [0.29, 0.717) is 0 Å². The molecular formula is C48H48N2O2. The molecular weight excluding hydrogens is 637 g/mol. The average molecular weight is 685 g/mol. The van der Waals surface area contributed by atoms with Crippen molar-refractivity contribution in [2.24, 2.45) is 9.98 Å². The lowest BCUT2D eigenvalue weighted by atomic mass is 9.85. The highest BCUT2D eigenvalue weighted by molar-refractivity contribution is 6.17. The first-order valence-corrected chi connectivity index (χ1v) is 18.1. The minimum atomic E-state index is 0.0837. The molecule has 6 aromatic carbocycles. The normalized spacial score (nSPS) is 13.9. The lowest BCUT2D eigenvalue weighted by Gasteiger charge is -2.23. The molecule has 0 saturated heterocycles. The molecule has 0 N–H and O–H groups in total. The lowest BCUT2D eigenvalue weighted by molar-refractivity contribution is 0.413. The van der Waals surface area contributed by atoms with Crippen molar-refractivity contribution in [3.63, 3.8) is 0 Å². The molecule has 0 bridgehead atoms. The van der Waals surface area contributed by atoms with Crippen LogP contribution in [0.1, 0.15) is 95.9 Å². The maximum atomic E-state index is 5.88. The summed E-state index contributed by atoms with van der Waals surface area (Å²) < 4.78 is 11.8. The molecule has 0 aliphatic carbocycles. The third-order valence-electron chi connectivity index (χ3n) is 10.3. The van der Waals surface area contributed by atoms with E-state index in [2.05, 4.69) is 173 Å². The molecule has 0 aliphatic heterocycles. The van der Waals surface area contributed by atoms with Crippen molar-refractivity contribution in [3.05, 3.63) is 190 Å². The number of rotatable bonds is 13. The van der Waals surface area contributed by atoms with Gasteiger partial charge in [-0.15, -0.1) is 0 Å². The van der Waals surface area contributed by atoms with Gasteiger partial charge < -0.3 is 9.47 Å². The van der Waals surface area contributed by atoms with Crippen LogP contribution in [-0.4, -0.2) is 26.6 Å². The van der Waals surface area contributed by atoms with E-state index in [1.807, 2.05) is 12.4 Å². The molecule has 0 saturated carbocycles. The molecule has 0 aromatic heterocycles. The van der Waals surface area contributed by atoms with Crippen molar-refractivity contribution in [2.45, 2.75) is 51.4 Å². The second kappa shape index (κ2) is 17.0. The van der Waals surface area contributed by atoms with Crippen LogP contribution < -0.4 is 9.47 Å². The van der Waals surface area contributed by atoms with E-state index in [4.69, 9.17) is 19.5 Å². The molecule has 6 rings (SSSR count). The van der Waals surface area contributed by atoms with Gasteiger partial charge in [0.05, 0.1) is 25.6 Å². The fourth-order valence-electron chi connectivity index (χ4n) is 7.06. The predicted octanol–water partition coefficient (Wildman–Crippen LogP) is 12.4. The van der Waals surface area contributed by atoms with Gasteiger partial charge in [-0.2, -0.15) is 0 Å². The Morgan fingerprint density at radius 2 is 0.615 bits per heavy atom. The van der Waals surface area contributed by atoms with Crippen molar-refractivity contribution in [2.75, 3.05) is 14.2 Å². The molecule has 0 radical (unpaired) electrons. The van der Waals surface area contributed by atoms with Crippen molar-refractivity contribution in [3.8, 4) is 11.5 Å². The maximum absolute atomic E-state index is 5.88.